The van der Waals surface area contributed by atoms with Crippen LogP contribution in [0.15, 0.2) is 96.3 Å². The Labute approximate surface area is 239 Å². The summed E-state index contributed by atoms with van der Waals surface area (Å²) in [5.74, 6) is -0.385. The second-order valence-electron chi connectivity index (χ2n) is 9.95. The number of aliphatic hydroxyl groups is 1. The van der Waals surface area contributed by atoms with Crippen molar-refractivity contribution in [1.29, 1.82) is 0 Å². The Hall–Kier alpha value is -4.89. The summed E-state index contributed by atoms with van der Waals surface area (Å²) in [5.41, 5.74) is 5.74. The van der Waals surface area contributed by atoms with Crippen molar-refractivity contribution in [3.63, 3.8) is 0 Å². The summed E-state index contributed by atoms with van der Waals surface area (Å²) in [6.07, 6.45) is 3.11. The van der Waals surface area contributed by atoms with Gasteiger partial charge in [-0.05, 0) is 73.5 Å². The van der Waals surface area contributed by atoms with E-state index in [2.05, 4.69) is 20.7 Å². The monoisotopic (exact) mass is 551 g/mol. The van der Waals surface area contributed by atoms with Crippen molar-refractivity contribution in [3.8, 4) is 0 Å². The first-order valence-electron chi connectivity index (χ1n) is 13.5. The standard InChI is InChI=1S/C32H33N5O4/c1-36-19-3-4-29(36)32(40)34-26-13-7-23(8-14-26)30(35-41-2)22-5-11-25(12-6-22)33-31(39)24-9-15-27(16-10-24)37-20-17-28(38)18-21-37/h3-16,19,28,38H,17-18,20-21H2,1-2H3,(H,33,39)(H,34,40). The fraction of sp³-hybridized carbons (Fsp3) is 0.219. The van der Waals surface area contributed by atoms with Crippen molar-refractivity contribution < 1.29 is 19.5 Å². The van der Waals surface area contributed by atoms with E-state index < -0.39 is 0 Å². The second-order valence-corrected chi connectivity index (χ2v) is 9.95. The van der Waals surface area contributed by atoms with Crippen molar-refractivity contribution in [2.24, 2.45) is 12.2 Å². The molecule has 9 nitrogen and oxygen atoms in total. The minimum Gasteiger partial charge on any atom is -0.399 e. The molecule has 5 rings (SSSR count). The summed E-state index contributed by atoms with van der Waals surface area (Å²) in [5, 5.41) is 19.8. The number of piperidine rings is 1. The van der Waals surface area contributed by atoms with Crippen molar-refractivity contribution in [2.45, 2.75) is 18.9 Å². The third-order valence-corrected chi connectivity index (χ3v) is 7.15. The van der Waals surface area contributed by atoms with Gasteiger partial charge in [0.1, 0.15) is 18.5 Å². The summed E-state index contributed by atoms with van der Waals surface area (Å²) < 4.78 is 1.76. The summed E-state index contributed by atoms with van der Waals surface area (Å²) in [6.45, 7) is 1.62. The molecular formula is C32H33N5O4. The van der Waals surface area contributed by atoms with Gasteiger partial charge < -0.3 is 30.0 Å². The lowest BCUT2D eigenvalue weighted by atomic mass is 10.0. The minimum absolute atomic E-state index is 0.188. The molecule has 1 aliphatic rings. The maximum atomic E-state index is 12.9. The molecule has 0 bridgehead atoms. The van der Waals surface area contributed by atoms with E-state index in [0.717, 1.165) is 42.7 Å². The Morgan fingerprint density at radius 3 is 1.85 bits per heavy atom. The van der Waals surface area contributed by atoms with Gasteiger partial charge in [0.15, 0.2) is 0 Å². The van der Waals surface area contributed by atoms with Crippen LogP contribution in [0.4, 0.5) is 17.1 Å². The van der Waals surface area contributed by atoms with Gasteiger partial charge in [0.2, 0.25) is 0 Å². The number of hydrogen-bond donors (Lipinski definition) is 3. The van der Waals surface area contributed by atoms with E-state index in [4.69, 9.17) is 4.84 Å². The highest BCUT2D eigenvalue weighted by Crippen LogP contribution is 2.22. The number of nitrogens with one attached hydrogen (secondary N) is 2. The molecule has 1 aromatic heterocycles. The van der Waals surface area contributed by atoms with Gasteiger partial charge in [-0.1, -0.05) is 29.4 Å². The maximum absolute atomic E-state index is 12.9. The van der Waals surface area contributed by atoms with Crippen molar-refractivity contribution in [3.05, 3.63) is 114 Å². The largest absolute Gasteiger partial charge is 0.399 e. The van der Waals surface area contributed by atoms with Crippen LogP contribution in [0.2, 0.25) is 0 Å². The van der Waals surface area contributed by atoms with Crippen LogP contribution in [0.1, 0.15) is 44.8 Å². The summed E-state index contributed by atoms with van der Waals surface area (Å²) in [4.78, 5) is 32.7. The average molecular weight is 552 g/mol. The zero-order valence-electron chi connectivity index (χ0n) is 23.1. The predicted octanol–water partition coefficient (Wildman–Crippen LogP) is 4.89. The SMILES string of the molecule is CON=C(c1ccc(NC(=O)c2ccc(N3CCC(O)CC3)cc2)cc1)c1ccc(NC(=O)c2cccn2C)cc1. The summed E-state index contributed by atoms with van der Waals surface area (Å²) >= 11 is 0. The molecule has 3 N–H and O–H groups in total. The van der Waals surface area contributed by atoms with E-state index in [1.54, 1.807) is 10.6 Å². The van der Waals surface area contributed by atoms with Gasteiger partial charge in [-0.25, -0.2) is 0 Å². The van der Waals surface area contributed by atoms with Gasteiger partial charge in [0.05, 0.1) is 6.10 Å². The maximum Gasteiger partial charge on any atom is 0.272 e. The molecule has 1 saturated heterocycles. The predicted molar refractivity (Wildman–Crippen MR) is 161 cm³/mol. The molecule has 2 amide bonds. The number of aryl methyl sites for hydroxylation is 1. The number of anilines is 3. The lowest BCUT2D eigenvalue weighted by Crippen LogP contribution is -2.35. The van der Waals surface area contributed by atoms with Gasteiger partial charge in [-0.2, -0.15) is 0 Å². The lowest BCUT2D eigenvalue weighted by Gasteiger charge is -2.31. The van der Waals surface area contributed by atoms with Crippen LogP contribution in [0.5, 0.6) is 0 Å². The number of nitrogens with zero attached hydrogens (tertiary/aromatic N) is 3. The third-order valence-electron chi connectivity index (χ3n) is 7.15. The first-order valence-corrected chi connectivity index (χ1v) is 13.5. The molecule has 0 spiro atoms. The van der Waals surface area contributed by atoms with Crippen LogP contribution in [-0.4, -0.2) is 53.5 Å². The van der Waals surface area contributed by atoms with Gasteiger partial charge in [0, 0.05) is 60.1 Å². The van der Waals surface area contributed by atoms with E-state index in [-0.39, 0.29) is 17.9 Å². The number of carbonyl (C=O) groups excluding carboxylic acids is 2. The molecule has 0 radical (unpaired) electrons. The van der Waals surface area contributed by atoms with Crippen molar-refractivity contribution >= 4 is 34.6 Å². The molecule has 9 heteroatoms. The topological polar surface area (TPSA) is 108 Å². The van der Waals surface area contributed by atoms with Gasteiger partial charge in [0.25, 0.3) is 11.8 Å². The van der Waals surface area contributed by atoms with E-state index in [9.17, 15) is 14.7 Å². The van der Waals surface area contributed by atoms with Crippen LogP contribution in [-0.2, 0) is 11.9 Å². The number of hydrogen-bond acceptors (Lipinski definition) is 6. The van der Waals surface area contributed by atoms with Crippen LogP contribution in [0.25, 0.3) is 0 Å². The molecule has 0 aliphatic carbocycles. The highest BCUT2D eigenvalue weighted by atomic mass is 16.6. The Morgan fingerprint density at radius 2 is 1.34 bits per heavy atom. The molecule has 0 saturated carbocycles. The van der Waals surface area contributed by atoms with E-state index in [1.165, 1.54) is 7.11 Å². The molecule has 0 unspecified atom stereocenters. The van der Waals surface area contributed by atoms with Gasteiger partial charge in [-0.3, -0.25) is 9.59 Å². The highest BCUT2D eigenvalue weighted by Gasteiger charge is 2.18. The highest BCUT2D eigenvalue weighted by molar-refractivity contribution is 6.13. The van der Waals surface area contributed by atoms with E-state index in [0.29, 0.717) is 28.3 Å². The zero-order valence-corrected chi connectivity index (χ0v) is 23.1. The number of amides is 2. The molecule has 2 heterocycles. The van der Waals surface area contributed by atoms with Crippen molar-refractivity contribution in [2.75, 3.05) is 35.7 Å². The fourth-order valence-corrected chi connectivity index (χ4v) is 4.83. The lowest BCUT2D eigenvalue weighted by molar-refractivity contribution is 0.101. The van der Waals surface area contributed by atoms with Crippen LogP contribution >= 0.6 is 0 Å². The van der Waals surface area contributed by atoms with E-state index in [1.807, 2.05) is 92.1 Å². The average Bonchev–Trinajstić information content (AvgIpc) is 3.43. The smallest absolute Gasteiger partial charge is 0.272 e. The molecular weight excluding hydrogens is 518 g/mol. The minimum atomic E-state index is -0.223. The molecule has 1 aliphatic heterocycles. The summed E-state index contributed by atoms with van der Waals surface area (Å²) in [6, 6.07) is 25.8. The van der Waals surface area contributed by atoms with Crippen molar-refractivity contribution in [1.82, 2.24) is 4.57 Å². The Morgan fingerprint density at radius 1 is 0.805 bits per heavy atom. The summed E-state index contributed by atoms with van der Waals surface area (Å²) in [7, 11) is 3.31. The number of oxime groups is 1. The Balaban J connectivity index is 1.22. The van der Waals surface area contributed by atoms with Crippen LogP contribution in [0.3, 0.4) is 0 Å². The first-order chi connectivity index (χ1) is 19.9. The molecule has 1 fully saturated rings. The number of carbonyl (C=O) groups is 2. The first kappa shape index (κ1) is 27.7. The quantitative estimate of drug-likeness (QED) is 0.214. The van der Waals surface area contributed by atoms with Gasteiger partial charge in [-0.15, -0.1) is 0 Å². The molecule has 41 heavy (non-hydrogen) atoms. The molecule has 4 aromatic rings. The number of rotatable bonds is 8. The Kier molecular flexibility index (Phi) is 8.45. The number of aromatic nitrogens is 1. The van der Waals surface area contributed by atoms with Crippen LogP contribution in [0, 0.1) is 0 Å². The molecule has 3 aromatic carbocycles. The molecule has 210 valence electrons. The van der Waals surface area contributed by atoms with Gasteiger partial charge >= 0.3 is 0 Å². The normalized spacial score (nSPS) is 14.0. The third kappa shape index (κ3) is 6.64. The second kappa shape index (κ2) is 12.5. The van der Waals surface area contributed by atoms with E-state index >= 15 is 0 Å². The zero-order chi connectivity index (χ0) is 28.8. The number of benzene rings is 3. The van der Waals surface area contributed by atoms with Crippen LogP contribution < -0.4 is 15.5 Å². The fourth-order valence-electron chi connectivity index (χ4n) is 4.83. The number of aliphatic hydroxyl groups excluding tert-OH is 1. The molecule has 0 atom stereocenters. The Bertz CT molecular complexity index is 1520.